The largest absolute Gasteiger partial charge is 0.0998 e. The Hall–Kier alpha value is -0.230. The van der Waals surface area contributed by atoms with Gasteiger partial charge in [-0.2, -0.15) is 0 Å². The van der Waals surface area contributed by atoms with Crippen molar-refractivity contribution in [2.45, 2.75) is 26.2 Å². The highest BCUT2D eigenvalue weighted by Gasteiger charge is 2.13. The lowest BCUT2D eigenvalue weighted by Gasteiger charge is -2.19. The molecule has 1 rings (SSSR count). The van der Waals surface area contributed by atoms with Gasteiger partial charge in [-0.1, -0.05) is 24.1 Å². The first-order chi connectivity index (χ1) is 5.74. The first-order valence-corrected chi connectivity index (χ1v) is 5.28. The summed E-state index contributed by atoms with van der Waals surface area (Å²) in [4.78, 5) is 0. The SMILES string of the molecule is C=C(C)[C@H]1CC=C(C#CI)CC1. The molecule has 0 fully saturated rings. The minimum Gasteiger partial charge on any atom is -0.0998 e. The van der Waals surface area contributed by atoms with Crippen molar-refractivity contribution in [2.24, 2.45) is 5.92 Å². The molecule has 0 radical (unpaired) electrons. The fourth-order valence-electron chi connectivity index (χ4n) is 1.46. The van der Waals surface area contributed by atoms with Crippen molar-refractivity contribution < 1.29 is 0 Å². The summed E-state index contributed by atoms with van der Waals surface area (Å²) in [6, 6.07) is 0. The summed E-state index contributed by atoms with van der Waals surface area (Å²) in [7, 11) is 0. The molecule has 0 nitrogen and oxygen atoms in total. The van der Waals surface area contributed by atoms with Crippen LogP contribution >= 0.6 is 22.6 Å². The normalized spacial score (nSPS) is 22.2. The summed E-state index contributed by atoms with van der Waals surface area (Å²) in [5.41, 5.74) is 2.62. The number of allylic oxidation sites excluding steroid dienone is 3. The van der Waals surface area contributed by atoms with E-state index in [-0.39, 0.29) is 0 Å². The van der Waals surface area contributed by atoms with Gasteiger partial charge < -0.3 is 0 Å². The van der Waals surface area contributed by atoms with Gasteiger partial charge in [-0.3, -0.25) is 0 Å². The molecule has 0 bridgehead atoms. The van der Waals surface area contributed by atoms with E-state index in [0.717, 1.165) is 12.8 Å². The van der Waals surface area contributed by atoms with Crippen molar-refractivity contribution in [3.05, 3.63) is 23.8 Å². The van der Waals surface area contributed by atoms with Gasteiger partial charge in [-0.05, 0) is 41.6 Å². The van der Waals surface area contributed by atoms with Crippen molar-refractivity contribution >= 4 is 22.6 Å². The first kappa shape index (κ1) is 9.85. The maximum atomic E-state index is 3.98. The molecule has 1 atom stereocenters. The van der Waals surface area contributed by atoms with Crippen molar-refractivity contribution in [2.75, 3.05) is 0 Å². The fraction of sp³-hybridized carbons (Fsp3) is 0.455. The Morgan fingerprint density at radius 2 is 2.50 bits per heavy atom. The Morgan fingerprint density at radius 3 is 2.92 bits per heavy atom. The first-order valence-electron chi connectivity index (χ1n) is 4.20. The third-order valence-electron chi connectivity index (χ3n) is 2.32. The van der Waals surface area contributed by atoms with E-state index >= 15 is 0 Å². The van der Waals surface area contributed by atoms with Crippen molar-refractivity contribution in [3.8, 4) is 9.85 Å². The highest BCUT2D eigenvalue weighted by Crippen LogP contribution is 2.27. The predicted octanol–water partition coefficient (Wildman–Crippen LogP) is 3.68. The second-order valence-electron chi connectivity index (χ2n) is 3.27. The van der Waals surface area contributed by atoms with Crippen LogP contribution in [0.2, 0.25) is 0 Å². The summed E-state index contributed by atoms with van der Waals surface area (Å²) in [5.74, 6) is 3.81. The molecule has 0 aromatic carbocycles. The van der Waals surface area contributed by atoms with Gasteiger partial charge in [0.15, 0.2) is 0 Å². The van der Waals surface area contributed by atoms with Gasteiger partial charge in [0.2, 0.25) is 0 Å². The van der Waals surface area contributed by atoms with Gasteiger partial charge in [-0.15, -0.1) is 0 Å². The maximum absolute atomic E-state index is 3.98. The van der Waals surface area contributed by atoms with Crippen LogP contribution in [0.4, 0.5) is 0 Å². The Bertz CT molecular complexity index is 262. The van der Waals surface area contributed by atoms with Crippen molar-refractivity contribution in [3.63, 3.8) is 0 Å². The lowest BCUT2D eigenvalue weighted by Crippen LogP contribution is -2.05. The standard InChI is InChI=1S/C11H13I/c1-9(2)11-5-3-10(4-6-11)7-8-12/h3,11H,1,4-6H2,2H3/t11-/m0/s1. The van der Waals surface area contributed by atoms with Gasteiger partial charge in [0.05, 0.1) is 0 Å². The fourth-order valence-corrected chi connectivity index (χ4v) is 1.80. The summed E-state index contributed by atoms with van der Waals surface area (Å²) in [6.07, 6.45) is 5.75. The van der Waals surface area contributed by atoms with Crippen LogP contribution in [0.15, 0.2) is 23.8 Å². The van der Waals surface area contributed by atoms with E-state index in [9.17, 15) is 0 Å². The van der Waals surface area contributed by atoms with Crippen LogP contribution in [-0.4, -0.2) is 0 Å². The highest BCUT2D eigenvalue weighted by atomic mass is 127. The molecular formula is C11H13I. The van der Waals surface area contributed by atoms with E-state index in [1.54, 1.807) is 0 Å². The number of halogens is 1. The molecule has 0 aromatic rings. The molecule has 0 aromatic heterocycles. The molecule has 0 heterocycles. The van der Waals surface area contributed by atoms with E-state index in [4.69, 9.17) is 0 Å². The van der Waals surface area contributed by atoms with Crippen LogP contribution in [-0.2, 0) is 0 Å². The molecule has 0 spiro atoms. The van der Waals surface area contributed by atoms with Crippen LogP contribution in [0, 0.1) is 15.8 Å². The number of hydrogen-bond donors (Lipinski definition) is 0. The molecule has 12 heavy (non-hydrogen) atoms. The zero-order valence-electron chi connectivity index (χ0n) is 7.36. The van der Waals surface area contributed by atoms with Gasteiger partial charge in [0, 0.05) is 22.6 Å². The van der Waals surface area contributed by atoms with E-state index in [0.29, 0.717) is 5.92 Å². The van der Waals surface area contributed by atoms with Gasteiger partial charge in [-0.25, -0.2) is 0 Å². The van der Waals surface area contributed by atoms with Crippen molar-refractivity contribution in [1.82, 2.24) is 0 Å². The van der Waals surface area contributed by atoms with Crippen LogP contribution < -0.4 is 0 Å². The average molecular weight is 272 g/mol. The summed E-state index contributed by atoms with van der Waals surface area (Å²) in [5, 5.41) is 0. The molecule has 64 valence electrons. The topological polar surface area (TPSA) is 0 Å². The predicted molar refractivity (Wildman–Crippen MR) is 62.0 cm³/mol. The lowest BCUT2D eigenvalue weighted by molar-refractivity contribution is 0.547. The second-order valence-corrected chi connectivity index (χ2v) is 3.81. The van der Waals surface area contributed by atoms with Gasteiger partial charge in [0.25, 0.3) is 0 Å². The maximum Gasteiger partial charge on any atom is 0.0185 e. The monoisotopic (exact) mass is 272 g/mol. The third-order valence-corrected chi connectivity index (χ3v) is 2.59. The highest BCUT2D eigenvalue weighted by molar-refractivity contribution is 14.1. The Balaban J connectivity index is 2.57. The van der Waals surface area contributed by atoms with Gasteiger partial charge in [0.1, 0.15) is 0 Å². The average Bonchev–Trinajstić information content (AvgIpc) is 2.06. The summed E-state index contributed by atoms with van der Waals surface area (Å²) >= 11 is 2.09. The Morgan fingerprint density at radius 1 is 1.75 bits per heavy atom. The molecule has 0 unspecified atom stereocenters. The zero-order chi connectivity index (χ0) is 8.97. The molecular weight excluding hydrogens is 259 g/mol. The Labute approximate surface area is 88.3 Å². The van der Waals surface area contributed by atoms with E-state index < -0.39 is 0 Å². The van der Waals surface area contributed by atoms with E-state index in [1.807, 2.05) is 0 Å². The van der Waals surface area contributed by atoms with Gasteiger partial charge >= 0.3 is 0 Å². The molecule has 0 N–H and O–H groups in total. The minimum absolute atomic E-state index is 0.699. The Kier molecular flexibility index (Phi) is 3.87. The van der Waals surface area contributed by atoms with E-state index in [2.05, 4.69) is 52.0 Å². The zero-order valence-corrected chi connectivity index (χ0v) is 9.52. The molecule has 1 aliphatic carbocycles. The van der Waals surface area contributed by atoms with Crippen LogP contribution in [0.1, 0.15) is 26.2 Å². The minimum atomic E-state index is 0.699. The molecule has 0 saturated heterocycles. The smallest absolute Gasteiger partial charge is 0.0185 e. The second kappa shape index (κ2) is 4.71. The third kappa shape index (κ3) is 2.67. The van der Waals surface area contributed by atoms with Crippen molar-refractivity contribution in [1.29, 1.82) is 0 Å². The quantitative estimate of drug-likeness (QED) is 0.388. The molecule has 0 aliphatic heterocycles. The summed E-state index contributed by atoms with van der Waals surface area (Å²) in [6.45, 7) is 6.10. The number of rotatable bonds is 1. The van der Waals surface area contributed by atoms with Crippen LogP contribution in [0.5, 0.6) is 0 Å². The molecule has 1 heteroatoms. The van der Waals surface area contributed by atoms with E-state index in [1.165, 1.54) is 17.6 Å². The molecule has 0 saturated carbocycles. The lowest BCUT2D eigenvalue weighted by atomic mass is 9.86. The molecule has 1 aliphatic rings. The summed E-state index contributed by atoms with van der Waals surface area (Å²) < 4.78 is 2.91. The molecule has 0 amide bonds. The number of hydrogen-bond acceptors (Lipinski definition) is 0. The van der Waals surface area contributed by atoms with Crippen LogP contribution in [0.3, 0.4) is 0 Å². The van der Waals surface area contributed by atoms with Crippen LogP contribution in [0.25, 0.3) is 0 Å².